The number of nitrogens with zero attached hydrogens (tertiary/aromatic N) is 2. The molecule has 0 amide bonds. The summed E-state index contributed by atoms with van der Waals surface area (Å²) in [4.78, 5) is 8.06. The molecule has 1 aromatic heterocycles. The van der Waals surface area contributed by atoms with Crippen molar-refractivity contribution in [1.29, 1.82) is 0 Å². The first-order valence-electron chi connectivity index (χ1n) is 5.11. The van der Waals surface area contributed by atoms with Crippen LogP contribution in [0.3, 0.4) is 0 Å². The number of nitrogen functional groups attached to an aromatic ring is 1. The van der Waals surface area contributed by atoms with Crippen LogP contribution in [-0.2, 0) is 5.54 Å². The highest BCUT2D eigenvalue weighted by molar-refractivity contribution is 5.83. The molecule has 0 saturated heterocycles. The van der Waals surface area contributed by atoms with Crippen molar-refractivity contribution >= 4 is 16.9 Å². The third kappa shape index (κ3) is 1.25. The Labute approximate surface area is 91.5 Å². The van der Waals surface area contributed by atoms with Gasteiger partial charge >= 0.3 is 0 Å². The smallest absolute Gasteiger partial charge is 0.220 e. The lowest BCUT2D eigenvalue weighted by Gasteiger charge is -2.12. The van der Waals surface area contributed by atoms with Gasteiger partial charge in [-0.3, -0.25) is 0 Å². The average Bonchev–Trinajstić information content (AvgIpc) is 2.98. The van der Waals surface area contributed by atoms with Crippen molar-refractivity contribution in [3.8, 4) is 0 Å². The fraction of sp³-hybridized carbons (Fsp3) is 0.273. The van der Waals surface area contributed by atoms with Gasteiger partial charge in [-0.05, 0) is 18.9 Å². The second-order valence-electron chi connectivity index (χ2n) is 4.22. The Kier molecular flexibility index (Phi) is 1.71. The molecule has 3 rings (SSSR count). The number of benzene rings is 1. The first kappa shape index (κ1) is 9.47. The maximum Gasteiger partial charge on any atom is 0.220 e. The zero-order chi connectivity index (χ0) is 11.3. The molecule has 1 aliphatic carbocycles. The molecule has 82 valence electrons. The lowest BCUT2D eigenvalue weighted by Crippen LogP contribution is -2.22. The highest BCUT2D eigenvalue weighted by Crippen LogP contribution is 2.44. The van der Waals surface area contributed by atoms with E-state index < -0.39 is 11.4 Å². The van der Waals surface area contributed by atoms with E-state index in [1.165, 1.54) is 6.07 Å². The van der Waals surface area contributed by atoms with Gasteiger partial charge in [0.05, 0.1) is 11.2 Å². The van der Waals surface area contributed by atoms with Crippen LogP contribution in [0, 0.1) is 5.82 Å². The molecule has 1 aliphatic rings. The molecule has 1 fully saturated rings. The van der Waals surface area contributed by atoms with Crippen molar-refractivity contribution < 1.29 is 4.39 Å². The number of anilines is 1. The number of para-hydroxylation sites is 1. The number of aromatic nitrogens is 2. The van der Waals surface area contributed by atoms with Gasteiger partial charge in [0, 0.05) is 5.39 Å². The summed E-state index contributed by atoms with van der Waals surface area (Å²) in [6.45, 7) is 0. The Hall–Kier alpha value is -1.75. The summed E-state index contributed by atoms with van der Waals surface area (Å²) in [5.74, 6) is -0.318. The van der Waals surface area contributed by atoms with Gasteiger partial charge in [0.1, 0.15) is 11.3 Å². The molecule has 1 aromatic carbocycles. The van der Waals surface area contributed by atoms with E-state index in [2.05, 4.69) is 9.97 Å². The molecule has 0 unspecified atom stereocenters. The van der Waals surface area contributed by atoms with Gasteiger partial charge in [-0.2, -0.15) is 0 Å². The summed E-state index contributed by atoms with van der Waals surface area (Å²) in [5.41, 5.74) is 12.1. The Morgan fingerprint density at radius 3 is 2.69 bits per heavy atom. The number of hydrogen-bond donors (Lipinski definition) is 2. The molecule has 0 aliphatic heterocycles. The van der Waals surface area contributed by atoms with E-state index in [1.807, 2.05) is 0 Å². The van der Waals surface area contributed by atoms with Crippen molar-refractivity contribution in [2.24, 2.45) is 5.73 Å². The van der Waals surface area contributed by atoms with E-state index in [1.54, 1.807) is 12.1 Å². The van der Waals surface area contributed by atoms with Crippen LogP contribution in [-0.4, -0.2) is 9.97 Å². The zero-order valence-electron chi connectivity index (χ0n) is 8.57. The summed E-state index contributed by atoms with van der Waals surface area (Å²) >= 11 is 0. The third-order valence-corrected chi connectivity index (χ3v) is 2.95. The van der Waals surface area contributed by atoms with E-state index >= 15 is 0 Å². The van der Waals surface area contributed by atoms with Gasteiger partial charge in [0.15, 0.2) is 0 Å². The number of halogens is 1. The van der Waals surface area contributed by atoms with Crippen LogP contribution in [0.25, 0.3) is 10.9 Å². The molecule has 0 spiro atoms. The second kappa shape index (κ2) is 2.89. The van der Waals surface area contributed by atoms with Crippen molar-refractivity contribution in [3.05, 3.63) is 29.7 Å². The number of rotatable bonds is 1. The monoisotopic (exact) mass is 218 g/mol. The third-order valence-electron chi connectivity index (χ3n) is 2.95. The molecule has 4 nitrogen and oxygen atoms in total. The summed E-state index contributed by atoms with van der Waals surface area (Å²) < 4.78 is 13.6. The maximum absolute atomic E-state index is 13.6. The van der Waals surface area contributed by atoms with Gasteiger partial charge in [0.2, 0.25) is 5.95 Å². The highest BCUT2D eigenvalue weighted by Gasteiger charge is 2.43. The average molecular weight is 218 g/mol. The largest absolute Gasteiger partial charge is 0.368 e. The van der Waals surface area contributed by atoms with Crippen molar-refractivity contribution in [1.82, 2.24) is 9.97 Å². The normalized spacial score (nSPS) is 17.6. The quantitative estimate of drug-likeness (QED) is 0.756. The Morgan fingerprint density at radius 1 is 1.25 bits per heavy atom. The lowest BCUT2D eigenvalue weighted by molar-refractivity contribution is 0.635. The molecule has 0 atom stereocenters. The molecule has 5 heteroatoms. The van der Waals surface area contributed by atoms with E-state index in [0.717, 1.165) is 12.8 Å². The Morgan fingerprint density at radius 2 is 2.00 bits per heavy atom. The fourth-order valence-electron chi connectivity index (χ4n) is 1.89. The molecule has 0 bridgehead atoms. The van der Waals surface area contributed by atoms with Crippen LogP contribution in [0.2, 0.25) is 0 Å². The highest BCUT2D eigenvalue weighted by atomic mass is 19.1. The van der Waals surface area contributed by atoms with E-state index in [4.69, 9.17) is 11.5 Å². The van der Waals surface area contributed by atoms with Gasteiger partial charge in [0.25, 0.3) is 0 Å². The summed E-state index contributed by atoms with van der Waals surface area (Å²) in [6.07, 6.45) is 1.71. The SMILES string of the molecule is Nc1nc(C2(N)CC2)c2cccc(F)c2n1. The van der Waals surface area contributed by atoms with Gasteiger partial charge in [-0.15, -0.1) is 0 Å². The van der Waals surface area contributed by atoms with E-state index in [0.29, 0.717) is 11.1 Å². The summed E-state index contributed by atoms with van der Waals surface area (Å²) in [6, 6.07) is 4.77. The van der Waals surface area contributed by atoms with Crippen LogP contribution in [0.5, 0.6) is 0 Å². The molecule has 1 saturated carbocycles. The predicted octanol–water partition coefficient (Wildman–Crippen LogP) is 1.30. The predicted molar refractivity (Wildman–Crippen MR) is 59.0 cm³/mol. The summed E-state index contributed by atoms with van der Waals surface area (Å²) in [7, 11) is 0. The van der Waals surface area contributed by atoms with Crippen LogP contribution in [0.4, 0.5) is 10.3 Å². The molecular formula is C11H11FN4. The van der Waals surface area contributed by atoms with Crippen molar-refractivity contribution in [2.75, 3.05) is 5.73 Å². The molecule has 4 N–H and O–H groups in total. The molecule has 0 radical (unpaired) electrons. The van der Waals surface area contributed by atoms with Gasteiger partial charge < -0.3 is 11.5 Å². The van der Waals surface area contributed by atoms with Crippen LogP contribution in [0.15, 0.2) is 18.2 Å². The second-order valence-corrected chi connectivity index (χ2v) is 4.22. The van der Waals surface area contributed by atoms with Crippen molar-refractivity contribution in [3.63, 3.8) is 0 Å². The maximum atomic E-state index is 13.6. The summed E-state index contributed by atoms with van der Waals surface area (Å²) in [5, 5.41) is 0.661. The van der Waals surface area contributed by atoms with E-state index in [9.17, 15) is 4.39 Å². The standard InChI is InChI=1S/C11H11FN4/c12-7-3-1-2-6-8(7)15-10(13)16-9(6)11(14)4-5-11/h1-3H,4-5,14H2,(H2,13,15,16). The Bertz CT molecular complexity index is 577. The van der Waals surface area contributed by atoms with Crippen LogP contribution in [0.1, 0.15) is 18.5 Å². The molecule has 1 heterocycles. The minimum atomic E-state index is -0.441. The lowest BCUT2D eigenvalue weighted by atomic mass is 10.1. The van der Waals surface area contributed by atoms with Crippen LogP contribution >= 0.6 is 0 Å². The molecular weight excluding hydrogens is 207 g/mol. The zero-order valence-corrected chi connectivity index (χ0v) is 8.57. The fourth-order valence-corrected chi connectivity index (χ4v) is 1.89. The van der Waals surface area contributed by atoms with Gasteiger partial charge in [-0.25, -0.2) is 14.4 Å². The minimum absolute atomic E-state index is 0.0734. The number of hydrogen-bond acceptors (Lipinski definition) is 4. The minimum Gasteiger partial charge on any atom is -0.368 e. The van der Waals surface area contributed by atoms with Crippen molar-refractivity contribution in [2.45, 2.75) is 18.4 Å². The first-order chi connectivity index (χ1) is 7.60. The topological polar surface area (TPSA) is 77.8 Å². The number of fused-ring (bicyclic) bond motifs is 1. The first-order valence-corrected chi connectivity index (χ1v) is 5.11. The van der Waals surface area contributed by atoms with E-state index in [-0.39, 0.29) is 11.5 Å². The molecule has 2 aromatic rings. The van der Waals surface area contributed by atoms with Gasteiger partial charge in [-0.1, -0.05) is 12.1 Å². The number of nitrogens with two attached hydrogens (primary N) is 2. The van der Waals surface area contributed by atoms with Crippen LogP contribution < -0.4 is 11.5 Å². The Balaban J connectivity index is 2.39. The molecule has 16 heavy (non-hydrogen) atoms.